The van der Waals surface area contributed by atoms with E-state index in [9.17, 15) is 4.79 Å². The number of allylic oxidation sites excluding steroid dienone is 1. The van der Waals surface area contributed by atoms with Gasteiger partial charge in [0.05, 0.1) is 23.5 Å². The molecule has 2 aliphatic carbocycles. The number of nitrogens with zero attached hydrogens (tertiary/aromatic N) is 1. The third kappa shape index (κ3) is 2.72. The third-order valence-corrected chi connectivity index (χ3v) is 6.37. The van der Waals surface area contributed by atoms with Crippen LogP contribution >= 0.6 is 0 Å². The van der Waals surface area contributed by atoms with Crippen molar-refractivity contribution in [2.45, 2.75) is 45.1 Å². The highest BCUT2D eigenvalue weighted by Gasteiger charge is 2.53. The second-order valence-electron chi connectivity index (χ2n) is 7.72. The lowest BCUT2D eigenvalue weighted by Gasteiger charge is -2.45. The maximum atomic E-state index is 12.3. The number of cyclic esters (lactones) is 1. The first-order valence-electron chi connectivity index (χ1n) is 9.23. The number of anilines is 1. The molecule has 0 bridgehead atoms. The lowest BCUT2D eigenvalue weighted by atomic mass is 9.57. The molecular weight excluding hydrogens is 300 g/mol. The van der Waals surface area contributed by atoms with Crippen molar-refractivity contribution in [3.05, 3.63) is 30.1 Å². The fraction of sp³-hybridized carbons (Fsp3) is 0.600. The zero-order valence-electron chi connectivity index (χ0n) is 14.2. The van der Waals surface area contributed by atoms with Crippen molar-refractivity contribution in [1.82, 2.24) is 4.98 Å². The summed E-state index contributed by atoms with van der Waals surface area (Å²) in [6.07, 6.45) is 12.3. The molecule has 4 rings (SSSR count). The Balaban J connectivity index is 1.63. The Labute approximate surface area is 143 Å². The van der Waals surface area contributed by atoms with Crippen LogP contribution in [-0.4, -0.2) is 17.1 Å². The normalized spacial score (nSPS) is 38.6. The first kappa shape index (κ1) is 15.7. The second-order valence-corrected chi connectivity index (χ2v) is 7.72. The van der Waals surface area contributed by atoms with Crippen LogP contribution < -0.4 is 5.73 Å². The highest BCUT2D eigenvalue weighted by molar-refractivity contribution is 5.75. The minimum atomic E-state index is 0.0272. The van der Waals surface area contributed by atoms with Crippen molar-refractivity contribution in [2.75, 3.05) is 5.73 Å². The van der Waals surface area contributed by atoms with E-state index in [0.717, 1.165) is 12.1 Å². The summed E-state index contributed by atoms with van der Waals surface area (Å²) in [6.45, 7) is 2.06. The zero-order valence-corrected chi connectivity index (χ0v) is 14.2. The van der Waals surface area contributed by atoms with E-state index in [4.69, 9.17) is 10.5 Å². The molecule has 4 heteroatoms. The van der Waals surface area contributed by atoms with E-state index < -0.39 is 0 Å². The van der Waals surface area contributed by atoms with Crippen LogP contribution in [0.5, 0.6) is 0 Å². The van der Waals surface area contributed by atoms with Gasteiger partial charge in [0, 0.05) is 5.92 Å². The highest BCUT2D eigenvalue weighted by atomic mass is 16.6. The predicted octanol–water partition coefficient (Wildman–Crippen LogP) is 3.68. The molecule has 1 aromatic rings. The molecule has 0 radical (unpaired) electrons. The Morgan fingerprint density at radius 1 is 1.29 bits per heavy atom. The van der Waals surface area contributed by atoms with Crippen molar-refractivity contribution in [2.24, 2.45) is 29.6 Å². The Hall–Kier alpha value is -1.84. The predicted molar refractivity (Wildman–Crippen MR) is 93.8 cm³/mol. The van der Waals surface area contributed by atoms with Gasteiger partial charge in [-0.1, -0.05) is 25.3 Å². The molecule has 0 aromatic carbocycles. The highest BCUT2D eigenvalue weighted by Crippen LogP contribution is 2.53. The summed E-state index contributed by atoms with van der Waals surface area (Å²) in [4.78, 5) is 16.7. The van der Waals surface area contributed by atoms with Gasteiger partial charge in [-0.2, -0.15) is 0 Å². The summed E-state index contributed by atoms with van der Waals surface area (Å²) in [6, 6.07) is 3.83. The Morgan fingerprint density at radius 3 is 2.92 bits per heavy atom. The van der Waals surface area contributed by atoms with E-state index in [1.165, 1.54) is 25.7 Å². The largest absolute Gasteiger partial charge is 0.462 e. The topological polar surface area (TPSA) is 65.2 Å². The fourth-order valence-corrected chi connectivity index (χ4v) is 5.31. The number of aromatic nitrogens is 1. The molecule has 0 spiro atoms. The van der Waals surface area contributed by atoms with Crippen molar-refractivity contribution in [3.8, 4) is 0 Å². The number of nitrogens with two attached hydrogens (primary N) is 1. The number of rotatable bonds is 2. The summed E-state index contributed by atoms with van der Waals surface area (Å²) in [5.74, 6) is 2.21. The Kier molecular flexibility index (Phi) is 4.07. The van der Waals surface area contributed by atoms with E-state index in [2.05, 4.69) is 24.1 Å². The molecule has 1 saturated heterocycles. The van der Waals surface area contributed by atoms with Crippen LogP contribution in [0.3, 0.4) is 0 Å². The molecule has 24 heavy (non-hydrogen) atoms. The third-order valence-electron chi connectivity index (χ3n) is 6.37. The van der Waals surface area contributed by atoms with Crippen molar-refractivity contribution in [3.63, 3.8) is 0 Å². The van der Waals surface area contributed by atoms with E-state index in [1.807, 2.05) is 12.1 Å². The number of hydrogen-bond acceptors (Lipinski definition) is 4. The SMILES string of the molecule is C[C@H]1OC(=O)[C@@H]2C[C@@H]3CCCC[C@H]3[C@H](/C=C/c3ccc(N)cn3)[C@H]12. The summed E-state index contributed by atoms with van der Waals surface area (Å²) in [5.41, 5.74) is 7.32. The van der Waals surface area contributed by atoms with Gasteiger partial charge in [0.25, 0.3) is 0 Å². The smallest absolute Gasteiger partial charge is 0.309 e. The Bertz CT molecular complexity index is 640. The number of hydrogen-bond donors (Lipinski definition) is 1. The molecule has 0 unspecified atom stereocenters. The summed E-state index contributed by atoms with van der Waals surface area (Å²) in [7, 11) is 0. The number of carbonyl (C=O) groups is 1. The molecule has 2 saturated carbocycles. The van der Waals surface area contributed by atoms with Gasteiger partial charge in [-0.15, -0.1) is 0 Å². The van der Waals surface area contributed by atoms with Gasteiger partial charge >= 0.3 is 5.97 Å². The van der Waals surface area contributed by atoms with Gasteiger partial charge in [0.1, 0.15) is 6.10 Å². The molecule has 6 atom stereocenters. The number of fused-ring (bicyclic) bond motifs is 2. The molecule has 2 N–H and O–H groups in total. The molecule has 1 aromatic heterocycles. The number of nitrogen functional groups attached to an aromatic ring is 1. The van der Waals surface area contributed by atoms with Crippen LogP contribution in [0.4, 0.5) is 5.69 Å². The second kappa shape index (κ2) is 6.23. The number of esters is 1. The van der Waals surface area contributed by atoms with E-state index >= 15 is 0 Å². The van der Waals surface area contributed by atoms with Crippen molar-refractivity contribution in [1.29, 1.82) is 0 Å². The van der Waals surface area contributed by atoms with Gasteiger partial charge in [-0.25, -0.2) is 0 Å². The van der Waals surface area contributed by atoms with Crippen LogP contribution in [0.25, 0.3) is 6.08 Å². The van der Waals surface area contributed by atoms with Crippen molar-refractivity contribution >= 4 is 17.7 Å². The molecule has 3 fully saturated rings. The van der Waals surface area contributed by atoms with E-state index in [0.29, 0.717) is 29.4 Å². The average molecular weight is 326 g/mol. The minimum absolute atomic E-state index is 0.0272. The van der Waals surface area contributed by atoms with Crippen LogP contribution in [-0.2, 0) is 9.53 Å². The van der Waals surface area contributed by atoms with Crippen molar-refractivity contribution < 1.29 is 9.53 Å². The fourth-order valence-electron chi connectivity index (χ4n) is 5.31. The molecule has 3 aliphatic rings. The first-order chi connectivity index (χ1) is 11.6. The van der Waals surface area contributed by atoms with Gasteiger partial charge in [0.15, 0.2) is 0 Å². The summed E-state index contributed by atoms with van der Waals surface area (Å²) < 4.78 is 5.61. The zero-order chi connectivity index (χ0) is 16.7. The summed E-state index contributed by atoms with van der Waals surface area (Å²) in [5, 5.41) is 0. The quantitative estimate of drug-likeness (QED) is 0.842. The van der Waals surface area contributed by atoms with Crippen LogP contribution in [0, 0.1) is 29.6 Å². The van der Waals surface area contributed by atoms with Gasteiger partial charge in [-0.3, -0.25) is 9.78 Å². The molecule has 1 aliphatic heterocycles. The van der Waals surface area contributed by atoms with E-state index in [1.54, 1.807) is 6.20 Å². The van der Waals surface area contributed by atoms with Gasteiger partial charge in [0.2, 0.25) is 0 Å². The number of pyridine rings is 1. The van der Waals surface area contributed by atoms with Crippen LogP contribution in [0.15, 0.2) is 24.4 Å². The van der Waals surface area contributed by atoms with Crippen LogP contribution in [0.1, 0.15) is 44.7 Å². The molecule has 0 amide bonds. The summed E-state index contributed by atoms with van der Waals surface area (Å²) >= 11 is 0. The minimum Gasteiger partial charge on any atom is -0.462 e. The maximum Gasteiger partial charge on any atom is 0.309 e. The monoisotopic (exact) mass is 326 g/mol. The first-order valence-corrected chi connectivity index (χ1v) is 9.23. The lowest BCUT2D eigenvalue weighted by molar-refractivity contribution is -0.144. The maximum absolute atomic E-state index is 12.3. The molecule has 4 nitrogen and oxygen atoms in total. The standard InChI is InChI=1S/C20H26N2O2/c1-12-19-17(9-8-15-7-6-14(21)11-22-15)16-5-3-2-4-13(16)10-18(19)20(23)24-12/h6-9,11-13,16-19H,2-5,10,21H2,1H3/b9-8+/t12-,13+,16-,17+,18-,19+/m1/s1. The molecular formula is C20H26N2O2. The number of ether oxygens (including phenoxy) is 1. The van der Waals surface area contributed by atoms with Gasteiger partial charge < -0.3 is 10.5 Å². The molecule has 2 heterocycles. The van der Waals surface area contributed by atoms with Gasteiger partial charge in [-0.05, 0) is 55.7 Å². The average Bonchev–Trinajstić information content (AvgIpc) is 2.87. The van der Waals surface area contributed by atoms with E-state index in [-0.39, 0.29) is 18.0 Å². The van der Waals surface area contributed by atoms with Crippen LogP contribution in [0.2, 0.25) is 0 Å². The number of carbonyl (C=O) groups excluding carboxylic acids is 1. The lowest BCUT2D eigenvalue weighted by Crippen LogP contribution is -2.42. The Morgan fingerprint density at radius 2 is 2.12 bits per heavy atom. The molecule has 128 valence electrons.